The summed E-state index contributed by atoms with van der Waals surface area (Å²) in [7, 11) is 1.71. The van der Waals surface area contributed by atoms with Gasteiger partial charge in [0.1, 0.15) is 5.75 Å². The number of methoxy groups -OCH3 is 1. The molecule has 0 radical (unpaired) electrons. The molecule has 3 aliphatic rings. The molecule has 0 N–H and O–H groups in total. The SMILES string of the molecule is COc1cccc(CN2CCC[C@]3(CCN(C(=O)c4ccc5c(c4)OCO5)C3)C2)c1. The maximum absolute atomic E-state index is 13.1. The first-order valence-electron chi connectivity index (χ1n) is 10.7. The van der Waals surface area contributed by atoms with Crippen LogP contribution in [0.5, 0.6) is 17.2 Å². The van der Waals surface area contributed by atoms with E-state index in [1.54, 1.807) is 7.11 Å². The van der Waals surface area contributed by atoms with Crippen LogP contribution >= 0.6 is 0 Å². The van der Waals surface area contributed by atoms with Crippen molar-refractivity contribution >= 4 is 5.91 Å². The fourth-order valence-corrected chi connectivity index (χ4v) is 5.13. The number of carbonyl (C=O) groups is 1. The highest BCUT2D eigenvalue weighted by atomic mass is 16.7. The van der Waals surface area contributed by atoms with Crippen LogP contribution in [0, 0.1) is 5.41 Å². The van der Waals surface area contributed by atoms with Gasteiger partial charge in [-0.1, -0.05) is 12.1 Å². The van der Waals surface area contributed by atoms with E-state index < -0.39 is 0 Å². The van der Waals surface area contributed by atoms with Crippen molar-refractivity contribution in [3.05, 3.63) is 53.6 Å². The molecule has 6 nitrogen and oxygen atoms in total. The van der Waals surface area contributed by atoms with Gasteiger partial charge in [-0.2, -0.15) is 0 Å². The Morgan fingerprint density at radius 3 is 2.87 bits per heavy atom. The Morgan fingerprint density at radius 2 is 1.97 bits per heavy atom. The van der Waals surface area contributed by atoms with E-state index in [1.165, 1.54) is 18.4 Å². The highest BCUT2D eigenvalue weighted by molar-refractivity contribution is 5.95. The Kier molecular flexibility index (Phi) is 5.03. The number of likely N-dealkylation sites (tertiary alicyclic amines) is 2. The Hall–Kier alpha value is -2.73. The molecule has 1 amide bonds. The molecule has 2 aromatic rings. The smallest absolute Gasteiger partial charge is 0.254 e. The molecule has 6 heteroatoms. The summed E-state index contributed by atoms with van der Waals surface area (Å²) in [4.78, 5) is 17.7. The quantitative estimate of drug-likeness (QED) is 0.774. The molecule has 0 unspecified atom stereocenters. The Morgan fingerprint density at radius 1 is 1.07 bits per heavy atom. The summed E-state index contributed by atoms with van der Waals surface area (Å²) in [6.07, 6.45) is 3.43. The number of rotatable bonds is 4. The van der Waals surface area contributed by atoms with Crippen molar-refractivity contribution in [3.63, 3.8) is 0 Å². The third-order valence-electron chi connectivity index (χ3n) is 6.63. The van der Waals surface area contributed by atoms with Crippen LogP contribution in [0.25, 0.3) is 0 Å². The number of hydrogen-bond acceptors (Lipinski definition) is 5. The minimum absolute atomic E-state index is 0.0927. The number of ether oxygens (including phenoxy) is 3. The highest BCUT2D eigenvalue weighted by Crippen LogP contribution is 2.40. The fourth-order valence-electron chi connectivity index (χ4n) is 5.13. The van der Waals surface area contributed by atoms with Crippen LogP contribution < -0.4 is 14.2 Å². The molecule has 1 spiro atoms. The third kappa shape index (κ3) is 3.72. The summed E-state index contributed by atoms with van der Waals surface area (Å²) in [6.45, 7) is 4.94. The first-order valence-corrected chi connectivity index (χ1v) is 10.7. The average Bonchev–Trinajstić information content (AvgIpc) is 3.40. The molecule has 0 aromatic heterocycles. The van der Waals surface area contributed by atoms with Crippen LogP contribution in [0.1, 0.15) is 35.2 Å². The standard InChI is InChI=1S/C24H28N2O4/c1-28-20-5-2-4-18(12-20)14-25-10-3-8-24(15-25)9-11-26(16-24)23(27)19-6-7-21-22(13-19)30-17-29-21/h2,4-7,12-13H,3,8-11,14-17H2,1H3/t24-/m0/s1. The van der Waals surface area contributed by atoms with Gasteiger partial charge in [0.15, 0.2) is 11.5 Å². The average molecular weight is 408 g/mol. The van der Waals surface area contributed by atoms with Crippen LogP contribution in [0.3, 0.4) is 0 Å². The molecular formula is C24H28N2O4. The second kappa shape index (κ2) is 7.84. The maximum Gasteiger partial charge on any atom is 0.254 e. The zero-order chi connectivity index (χ0) is 20.6. The van der Waals surface area contributed by atoms with Crippen LogP contribution in [0.4, 0.5) is 0 Å². The highest BCUT2D eigenvalue weighted by Gasteiger charge is 2.43. The Labute approximate surface area is 177 Å². The molecule has 1 atom stereocenters. The largest absolute Gasteiger partial charge is 0.497 e. The van der Waals surface area contributed by atoms with Crippen molar-refractivity contribution in [2.75, 3.05) is 40.1 Å². The second-order valence-corrected chi connectivity index (χ2v) is 8.71. The lowest BCUT2D eigenvalue weighted by atomic mass is 9.79. The number of carbonyl (C=O) groups excluding carboxylic acids is 1. The Balaban J connectivity index is 1.25. The summed E-state index contributed by atoms with van der Waals surface area (Å²) < 4.78 is 16.2. The van der Waals surface area contributed by atoms with Crippen molar-refractivity contribution in [2.45, 2.75) is 25.8 Å². The van der Waals surface area contributed by atoms with Gasteiger partial charge < -0.3 is 19.1 Å². The molecule has 5 rings (SSSR count). The van der Waals surface area contributed by atoms with E-state index in [2.05, 4.69) is 23.1 Å². The fraction of sp³-hybridized carbons (Fsp3) is 0.458. The van der Waals surface area contributed by atoms with E-state index in [-0.39, 0.29) is 18.1 Å². The van der Waals surface area contributed by atoms with E-state index in [0.717, 1.165) is 44.9 Å². The van der Waals surface area contributed by atoms with Gasteiger partial charge in [-0.15, -0.1) is 0 Å². The van der Waals surface area contributed by atoms with E-state index in [1.807, 2.05) is 29.2 Å². The Bertz CT molecular complexity index is 947. The monoisotopic (exact) mass is 408 g/mol. The van der Waals surface area contributed by atoms with Crippen molar-refractivity contribution in [3.8, 4) is 17.2 Å². The van der Waals surface area contributed by atoms with E-state index >= 15 is 0 Å². The normalized spacial score (nSPS) is 23.2. The van der Waals surface area contributed by atoms with Gasteiger partial charge in [0.2, 0.25) is 6.79 Å². The minimum atomic E-state index is 0.0927. The van der Waals surface area contributed by atoms with Crippen LogP contribution in [0.2, 0.25) is 0 Å². The van der Waals surface area contributed by atoms with Gasteiger partial charge in [0.05, 0.1) is 7.11 Å². The third-order valence-corrected chi connectivity index (χ3v) is 6.63. The summed E-state index contributed by atoms with van der Waals surface area (Å²) in [6, 6.07) is 13.8. The summed E-state index contributed by atoms with van der Waals surface area (Å²) in [5.41, 5.74) is 2.15. The molecule has 0 bridgehead atoms. The van der Waals surface area contributed by atoms with Crippen LogP contribution in [0.15, 0.2) is 42.5 Å². The van der Waals surface area contributed by atoms with Gasteiger partial charge in [-0.3, -0.25) is 9.69 Å². The lowest BCUT2D eigenvalue weighted by Crippen LogP contribution is -2.45. The summed E-state index contributed by atoms with van der Waals surface area (Å²) >= 11 is 0. The molecule has 3 heterocycles. The number of piperidine rings is 1. The van der Waals surface area contributed by atoms with Gasteiger partial charge in [0, 0.05) is 37.2 Å². The van der Waals surface area contributed by atoms with Gasteiger partial charge >= 0.3 is 0 Å². The number of hydrogen-bond donors (Lipinski definition) is 0. The van der Waals surface area contributed by atoms with Crippen molar-refractivity contribution in [2.24, 2.45) is 5.41 Å². The predicted octanol–water partition coefficient (Wildman–Crippen LogP) is 3.55. The molecule has 0 aliphatic carbocycles. The molecule has 158 valence electrons. The topological polar surface area (TPSA) is 51.2 Å². The summed E-state index contributed by atoms with van der Waals surface area (Å²) in [5.74, 6) is 2.37. The van der Waals surface area contributed by atoms with Crippen LogP contribution in [-0.4, -0.2) is 55.8 Å². The minimum Gasteiger partial charge on any atom is -0.497 e. The molecule has 2 fully saturated rings. The number of benzene rings is 2. The van der Waals surface area contributed by atoms with E-state index in [9.17, 15) is 4.79 Å². The number of nitrogens with zero attached hydrogens (tertiary/aromatic N) is 2. The zero-order valence-electron chi connectivity index (χ0n) is 17.4. The van der Waals surface area contributed by atoms with Gasteiger partial charge in [-0.25, -0.2) is 0 Å². The van der Waals surface area contributed by atoms with Crippen molar-refractivity contribution in [1.82, 2.24) is 9.80 Å². The first-order chi connectivity index (χ1) is 14.6. The van der Waals surface area contributed by atoms with Crippen molar-refractivity contribution < 1.29 is 19.0 Å². The predicted molar refractivity (Wildman–Crippen MR) is 113 cm³/mol. The number of fused-ring (bicyclic) bond motifs is 1. The second-order valence-electron chi connectivity index (χ2n) is 8.71. The van der Waals surface area contributed by atoms with E-state index in [0.29, 0.717) is 17.1 Å². The van der Waals surface area contributed by atoms with Gasteiger partial charge in [0.25, 0.3) is 5.91 Å². The molecule has 0 saturated carbocycles. The molecule has 30 heavy (non-hydrogen) atoms. The first kappa shape index (κ1) is 19.2. The lowest BCUT2D eigenvalue weighted by molar-refractivity contribution is 0.0675. The molecule has 3 aliphatic heterocycles. The maximum atomic E-state index is 13.1. The van der Waals surface area contributed by atoms with E-state index in [4.69, 9.17) is 14.2 Å². The van der Waals surface area contributed by atoms with Crippen LogP contribution in [-0.2, 0) is 6.54 Å². The molecule has 2 saturated heterocycles. The van der Waals surface area contributed by atoms with Gasteiger partial charge in [-0.05, 0) is 61.7 Å². The number of amides is 1. The zero-order valence-corrected chi connectivity index (χ0v) is 17.4. The molecule has 2 aromatic carbocycles. The molecular weight excluding hydrogens is 380 g/mol. The van der Waals surface area contributed by atoms with Crippen molar-refractivity contribution in [1.29, 1.82) is 0 Å². The lowest BCUT2D eigenvalue weighted by Gasteiger charge is -2.40. The summed E-state index contributed by atoms with van der Waals surface area (Å²) in [5, 5.41) is 0.